The molecule has 4 bridgehead atoms. The van der Waals surface area contributed by atoms with Crippen LogP contribution in [0.3, 0.4) is 0 Å². The molecule has 1 aromatic carbocycles. The number of ketones is 4. The number of hydrogen-bond acceptors (Lipinski definition) is 4. The number of hydrogen-bond donors (Lipinski definition) is 0. The first-order valence-corrected chi connectivity index (χ1v) is 13.7. The van der Waals surface area contributed by atoms with Crippen molar-refractivity contribution in [3.8, 4) is 0 Å². The molecule has 0 aromatic heterocycles. The Morgan fingerprint density at radius 1 is 0.946 bits per heavy atom. The van der Waals surface area contributed by atoms with Gasteiger partial charge >= 0.3 is 0 Å². The molecule has 6 rings (SSSR count). The molecule has 0 unspecified atom stereocenters. The molecule has 196 valence electrons. The van der Waals surface area contributed by atoms with Crippen LogP contribution in [0.4, 0.5) is 0 Å². The molecule has 0 aliphatic heterocycles. The third-order valence-electron chi connectivity index (χ3n) is 11.2. The minimum atomic E-state index is -1.88. The van der Waals surface area contributed by atoms with Crippen molar-refractivity contribution in [2.75, 3.05) is 0 Å². The topological polar surface area (TPSA) is 68.3 Å². The van der Waals surface area contributed by atoms with Crippen molar-refractivity contribution in [3.05, 3.63) is 59.7 Å². The molecule has 6 atom stereocenters. The summed E-state index contributed by atoms with van der Waals surface area (Å²) in [6.07, 6.45) is 3.63. The van der Waals surface area contributed by atoms with Crippen molar-refractivity contribution >= 4 is 23.1 Å². The normalized spacial score (nSPS) is 38.8. The summed E-state index contributed by atoms with van der Waals surface area (Å²) in [6.45, 7) is 18.3. The second-order valence-electron chi connectivity index (χ2n) is 13.8. The number of carbonyl (C=O) groups is 4. The fourth-order valence-electron chi connectivity index (χ4n) is 9.22. The van der Waals surface area contributed by atoms with E-state index >= 15 is 4.79 Å². The maximum Gasteiger partial charge on any atom is 0.184 e. The van der Waals surface area contributed by atoms with Crippen LogP contribution in [0.5, 0.6) is 0 Å². The zero-order valence-corrected chi connectivity index (χ0v) is 23.4. The minimum Gasteiger partial charge on any atom is -0.297 e. The molecule has 5 aliphatic rings. The summed E-state index contributed by atoms with van der Waals surface area (Å²) >= 11 is 0. The van der Waals surface area contributed by atoms with Gasteiger partial charge in [-0.3, -0.25) is 19.2 Å². The Hall–Kier alpha value is -2.62. The Morgan fingerprint density at radius 3 is 2.14 bits per heavy atom. The Bertz CT molecular complexity index is 1280. The number of rotatable bonds is 5. The highest BCUT2D eigenvalue weighted by Crippen LogP contribution is 2.77. The van der Waals surface area contributed by atoms with Crippen LogP contribution in [0.2, 0.25) is 0 Å². The summed E-state index contributed by atoms with van der Waals surface area (Å²) in [6, 6.07) is 8.75. The van der Waals surface area contributed by atoms with Crippen molar-refractivity contribution in [2.45, 2.75) is 74.1 Å². The first kappa shape index (κ1) is 26.0. The highest BCUT2D eigenvalue weighted by molar-refractivity contribution is 6.42. The van der Waals surface area contributed by atoms with Crippen LogP contribution in [0, 0.1) is 44.8 Å². The zero-order valence-electron chi connectivity index (χ0n) is 23.4. The van der Waals surface area contributed by atoms with Crippen LogP contribution in [0.1, 0.15) is 84.5 Å². The Balaban J connectivity index is 1.89. The van der Waals surface area contributed by atoms with E-state index in [1.807, 2.05) is 46.8 Å². The van der Waals surface area contributed by atoms with Gasteiger partial charge in [0.15, 0.2) is 28.5 Å². The van der Waals surface area contributed by atoms with E-state index < -0.39 is 39.0 Å². The minimum absolute atomic E-state index is 0.0377. The second kappa shape index (κ2) is 7.71. The second-order valence-corrected chi connectivity index (χ2v) is 13.8. The van der Waals surface area contributed by atoms with Crippen molar-refractivity contribution in [1.82, 2.24) is 0 Å². The number of Topliss-reactive ketones (excluding diaryl/α,β-unsaturated/α-hetero) is 4. The third-order valence-corrected chi connectivity index (χ3v) is 11.2. The molecular formula is C33H40O4. The van der Waals surface area contributed by atoms with Gasteiger partial charge in [0.05, 0.1) is 10.8 Å². The Morgan fingerprint density at radius 2 is 1.57 bits per heavy atom. The molecule has 5 fully saturated rings. The van der Waals surface area contributed by atoms with E-state index in [9.17, 15) is 14.4 Å². The number of benzene rings is 1. The molecular weight excluding hydrogens is 460 g/mol. The van der Waals surface area contributed by atoms with Gasteiger partial charge in [0, 0.05) is 5.56 Å². The quantitative estimate of drug-likeness (QED) is 0.260. The molecule has 5 saturated carbocycles. The Labute approximate surface area is 221 Å². The van der Waals surface area contributed by atoms with Crippen LogP contribution in [0.15, 0.2) is 54.1 Å². The molecule has 1 spiro atoms. The molecule has 0 amide bonds. The van der Waals surface area contributed by atoms with E-state index in [1.165, 1.54) is 0 Å². The summed E-state index contributed by atoms with van der Waals surface area (Å²) in [7, 11) is 0. The van der Waals surface area contributed by atoms with Gasteiger partial charge in [-0.15, -0.1) is 0 Å². The highest BCUT2D eigenvalue weighted by atomic mass is 16.2. The molecule has 0 radical (unpaired) electrons. The van der Waals surface area contributed by atoms with E-state index in [1.54, 1.807) is 24.3 Å². The SMILES string of the molecule is C=C(C)[C@H]1C[C@]23C(=O)[C@]4(CC=C(C)C)C[C@H](C[C@@H]2C1(C)C)C(C)(C)[C@@](C(=O)c1ccccc1)(C4=O)C3=O. The molecule has 5 aliphatic carbocycles. The van der Waals surface area contributed by atoms with E-state index in [0.717, 1.165) is 11.1 Å². The van der Waals surface area contributed by atoms with Gasteiger partial charge in [-0.1, -0.05) is 81.8 Å². The fourth-order valence-corrected chi connectivity index (χ4v) is 9.22. The molecule has 4 heteroatoms. The first-order chi connectivity index (χ1) is 17.1. The van der Waals surface area contributed by atoms with Crippen molar-refractivity contribution in [2.24, 2.45) is 44.8 Å². The summed E-state index contributed by atoms with van der Waals surface area (Å²) in [5, 5.41) is 0. The van der Waals surface area contributed by atoms with E-state index in [0.29, 0.717) is 24.8 Å². The van der Waals surface area contributed by atoms with Crippen molar-refractivity contribution in [1.29, 1.82) is 0 Å². The van der Waals surface area contributed by atoms with Gasteiger partial charge in [0.2, 0.25) is 0 Å². The maximum atomic E-state index is 15.2. The lowest BCUT2D eigenvalue weighted by Gasteiger charge is -2.60. The van der Waals surface area contributed by atoms with Gasteiger partial charge in [0.1, 0.15) is 0 Å². The first-order valence-electron chi connectivity index (χ1n) is 13.7. The summed E-state index contributed by atoms with van der Waals surface area (Å²) in [4.78, 5) is 59.6. The van der Waals surface area contributed by atoms with Gasteiger partial charge in [-0.25, -0.2) is 0 Å². The van der Waals surface area contributed by atoms with Crippen molar-refractivity contribution < 1.29 is 19.2 Å². The van der Waals surface area contributed by atoms with Crippen LogP contribution < -0.4 is 0 Å². The van der Waals surface area contributed by atoms with E-state index in [2.05, 4.69) is 20.4 Å². The lowest BCUT2D eigenvalue weighted by molar-refractivity contribution is -0.181. The monoisotopic (exact) mass is 500 g/mol. The zero-order chi connectivity index (χ0) is 27.3. The van der Waals surface area contributed by atoms with Crippen LogP contribution in [-0.4, -0.2) is 23.1 Å². The van der Waals surface area contributed by atoms with E-state index in [-0.39, 0.29) is 35.4 Å². The molecule has 0 saturated heterocycles. The molecule has 0 N–H and O–H groups in total. The summed E-state index contributed by atoms with van der Waals surface area (Å²) in [5.74, 6) is -1.92. The van der Waals surface area contributed by atoms with Crippen LogP contribution in [0.25, 0.3) is 0 Å². The lowest BCUT2D eigenvalue weighted by Crippen LogP contribution is -2.75. The predicted molar refractivity (Wildman–Crippen MR) is 144 cm³/mol. The number of carbonyl (C=O) groups excluding carboxylic acids is 4. The van der Waals surface area contributed by atoms with Crippen LogP contribution >= 0.6 is 0 Å². The summed E-state index contributed by atoms with van der Waals surface area (Å²) in [5.41, 5.74) is -3.52. The van der Waals surface area contributed by atoms with Gasteiger partial charge in [-0.2, -0.15) is 0 Å². The highest BCUT2D eigenvalue weighted by Gasteiger charge is 2.86. The predicted octanol–water partition coefficient (Wildman–Crippen LogP) is 6.59. The summed E-state index contributed by atoms with van der Waals surface area (Å²) < 4.78 is 0. The molecule has 37 heavy (non-hydrogen) atoms. The largest absolute Gasteiger partial charge is 0.297 e. The number of allylic oxidation sites excluding steroid dienone is 3. The molecule has 0 heterocycles. The average Bonchev–Trinajstić information content (AvgIpc) is 2.97. The van der Waals surface area contributed by atoms with Gasteiger partial charge < -0.3 is 0 Å². The van der Waals surface area contributed by atoms with Gasteiger partial charge in [-0.05, 0) is 75.0 Å². The van der Waals surface area contributed by atoms with E-state index in [4.69, 9.17) is 0 Å². The average molecular weight is 501 g/mol. The molecule has 1 aromatic rings. The maximum absolute atomic E-state index is 15.2. The van der Waals surface area contributed by atoms with Crippen molar-refractivity contribution in [3.63, 3.8) is 0 Å². The molecule has 4 nitrogen and oxygen atoms in total. The fraction of sp³-hybridized carbons (Fsp3) is 0.576. The standard InChI is InChI=1S/C33H40O4/c1-19(2)14-15-31-17-22-16-24-29(5,6)23(20(3)4)18-32(24,26(31)35)28(37)33(27(31)36,30(22,7)8)25(34)21-12-10-9-11-13-21/h9-14,22-24H,3,15-18H2,1-2,4-8H3/t22-,23+,24+,31-,32+,33-/m0/s1. The third kappa shape index (κ3) is 2.80. The van der Waals surface area contributed by atoms with Crippen LogP contribution in [-0.2, 0) is 14.4 Å². The van der Waals surface area contributed by atoms with Gasteiger partial charge in [0.25, 0.3) is 0 Å². The smallest absolute Gasteiger partial charge is 0.184 e. The Kier molecular flexibility index (Phi) is 5.42. The lowest BCUT2D eigenvalue weighted by atomic mass is 9.37.